The van der Waals surface area contributed by atoms with Crippen molar-refractivity contribution in [3.8, 4) is 0 Å². The Morgan fingerprint density at radius 3 is 1.50 bits per heavy atom. The van der Waals surface area contributed by atoms with Gasteiger partial charge in [-0.2, -0.15) is 49.9 Å². The Morgan fingerprint density at radius 1 is 0.875 bits per heavy atom. The Hall–Kier alpha value is 1.21. The second-order valence-corrected chi connectivity index (χ2v) is 1.08. The minimum absolute atomic E-state index is 0. The molecule has 0 aromatic heterocycles. The van der Waals surface area contributed by atoms with Gasteiger partial charge in [-0.1, -0.05) is 0 Å². The quantitative estimate of drug-likeness (QED) is 0.315. The molecule has 1 aromatic rings. The summed E-state index contributed by atoms with van der Waals surface area (Å²) in [4.78, 5) is 0. The summed E-state index contributed by atoms with van der Waals surface area (Å²) in [6.45, 7) is 0. The van der Waals surface area contributed by atoms with E-state index >= 15 is 0 Å². The minimum Gasteiger partial charge on any atom is -0.197 e. The smallest absolute Gasteiger partial charge is 0.197 e. The average molecular weight is 150 g/mol. The summed E-state index contributed by atoms with van der Waals surface area (Å²) in [7, 11) is 0. The van der Waals surface area contributed by atoms with Crippen molar-refractivity contribution in [1.82, 2.24) is 0 Å². The molecule has 0 nitrogen and oxygen atoms in total. The molecule has 0 amide bonds. The molecule has 0 aliphatic heterocycles. The third-order valence-electron chi connectivity index (χ3n) is 0.607. The van der Waals surface area contributed by atoms with Crippen LogP contribution in [-0.4, -0.2) is 0 Å². The molecule has 0 aliphatic carbocycles. The Kier molecular flexibility index (Phi) is 12.2. The van der Waals surface area contributed by atoms with Gasteiger partial charge in [-0.15, -0.1) is 0 Å². The van der Waals surface area contributed by atoms with Crippen LogP contribution in [-0.2, 0) is 0 Å². The van der Waals surface area contributed by atoms with Crippen molar-refractivity contribution in [2.45, 2.75) is 0 Å². The summed E-state index contributed by atoms with van der Waals surface area (Å²) in [6, 6.07) is 12.5. The maximum atomic E-state index is 2.89. The fourth-order valence-corrected chi connectivity index (χ4v) is 0.342. The zero-order chi connectivity index (χ0) is 4.24. The van der Waals surface area contributed by atoms with Crippen LogP contribution in [0.25, 0.3) is 0 Å². The van der Waals surface area contributed by atoms with Gasteiger partial charge < -0.3 is 0 Å². The predicted molar refractivity (Wildman–Crippen MR) is 35.7 cm³/mol. The molecule has 0 radical (unpaired) electrons. The predicted octanol–water partition coefficient (Wildman–Crippen LogP) is -1.40. The molecule has 0 fully saturated rings. The van der Waals surface area contributed by atoms with Gasteiger partial charge in [-0.3, -0.25) is 0 Å². The van der Waals surface area contributed by atoms with Crippen LogP contribution in [0.4, 0.5) is 0 Å². The zero-order valence-electron chi connectivity index (χ0n) is 4.89. The molecule has 0 atom stereocenters. The van der Waals surface area contributed by atoms with Gasteiger partial charge in [0.2, 0.25) is 0 Å². The molecule has 2 heteroatoms. The fourth-order valence-electron chi connectivity index (χ4n) is 0.342. The Labute approximate surface area is 99.5 Å². The Morgan fingerprint density at radius 2 is 1.38 bits per heavy atom. The van der Waals surface area contributed by atoms with E-state index in [0.717, 1.165) is 0 Å². The number of rotatable bonds is 0. The molecular weight excluding hydrogens is 143 g/mol. The van der Waals surface area contributed by atoms with E-state index in [9.17, 15) is 0 Å². The topological polar surface area (TPSA) is 0 Å². The zero-order valence-corrected chi connectivity index (χ0v) is 9.01. The van der Waals surface area contributed by atoms with Crippen LogP contribution in [0, 0.1) is 6.07 Å². The third kappa shape index (κ3) is 5.35. The van der Waals surface area contributed by atoms with E-state index in [1.165, 1.54) is 0 Å². The fraction of sp³-hybridized carbons (Fsp3) is 0. The van der Waals surface area contributed by atoms with E-state index in [2.05, 4.69) is 6.07 Å². The molecule has 0 unspecified atom stereocenters. The van der Waals surface area contributed by atoms with E-state index in [1.807, 2.05) is 30.3 Å². The Balaban J connectivity index is 0. The van der Waals surface area contributed by atoms with E-state index in [-0.39, 0.29) is 64.9 Å². The summed E-state index contributed by atoms with van der Waals surface area (Å²) >= 11 is 0. The van der Waals surface area contributed by atoms with Gasteiger partial charge in [0.1, 0.15) is 0 Å². The molecule has 0 N–H and O–H groups in total. The largest absolute Gasteiger partial charge is 1.00 e. The number of benzene rings is 1. The second kappa shape index (κ2) is 8.21. The molecule has 1 aromatic carbocycles. The van der Waals surface area contributed by atoms with Crippen molar-refractivity contribution in [3.63, 3.8) is 0 Å². The summed E-state index contributed by atoms with van der Waals surface area (Å²) in [5.41, 5.74) is 0. The molecule has 0 saturated carbocycles. The number of hydrogen-bond donors (Lipinski definition) is 0. The van der Waals surface area contributed by atoms with Crippen LogP contribution in [0.2, 0.25) is 0 Å². The van der Waals surface area contributed by atoms with Crippen LogP contribution < -0.4 is 51.4 Å². The molecule has 0 spiro atoms. The summed E-state index contributed by atoms with van der Waals surface area (Å²) in [5.74, 6) is 0. The van der Waals surface area contributed by atoms with Crippen molar-refractivity contribution >= 4 is 13.5 Å². The second-order valence-electron chi connectivity index (χ2n) is 1.08. The van der Waals surface area contributed by atoms with E-state index in [1.54, 1.807) is 0 Å². The third-order valence-corrected chi connectivity index (χ3v) is 0.607. The molecule has 0 saturated heterocycles. The summed E-state index contributed by atoms with van der Waals surface area (Å²) < 4.78 is 0. The molecular formula is C6H7KS. The maximum absolute atomic E-state index is 2.89. The molecule has 0 aliphatic rings. The number of hydrogen-bond acceptors (Lipinski definition) is 0. The molecule has 8 heavy (non-hydrogen) atoms. The van der Waals surface area contributed by atoms with Crippen molar-refractivity contribution in [2.24, 2.45) is 0 Å². The van der Waals surface area contributed by atoms with Crippen LogP contribution >= 0.6 is 13.5 Å². The average Bonchev–Trinajstić information content (AvgIpc) is 1.72. The van der Waals surface area contributed by atoms with Gasteiger partial charge in [-0.05, 0) is 0 Å². The van der Waals surface area contributed by atoms with Gasteiger partial charge in [-0.25, -0.2) is 0 Å². The molecule has 38 valence electrons. The maximum Gasteiger partial charge on any atom is 1.00 e. The monoisotopic (exact) mass is 150 g/mol. The van der Waals surface area contributed by atoms with Crippen LogP contribution in [0.1, 0.15) is 0 Å². The van der Waals surface area contributed by atoms with Gasteiger partial charge in [0.15, 0.2) is 0 Å². The van der Waals surface area contributed by atoms with Gasteiger partial charge in [0.25, 0.3) is 0 Å². The van der Waals surface area contributed by atoms with E-state index in [4.69, 9.17) is 0 Å². The van der Waals surface area contributed by atoms with Crippen molar-refractivity contribution in [2.75, 3.05) is 0 Å². The van der Waals surface area contributed by atoms with Crippen molar-refractivity contribution < 1.29 is 51.4 Å². The minimum atomic E-state index is 0. The normalized spacial score (nSPS) is 6.00. The summed E-state index contributed by atoms with van der Waals surface area (Å²) in [6.07, 6.45) is 0. The first-order chi connectivity index (χ1) is 3.00. The van der Waals surface area contributed by atoms with Gasteiger partial charge in [0, 0.05) is 0 Å². The van der Waals surface area contributed by atoms with Gasteiger partial charge in [0.05, 0.1) is 0 Å². The van der Waals surface area contributed by atoms with Crippen molar-refractivity contribution in [1.29, 1.82) is 0 Å². The molecule has 0 bridgehead atoms. The first kappa shape index (κ1) is 11.9. The first-order valence-electron chi connectivity index (χ1n) is 1.91. The van der Waals surface area contributed by atoms with Crippen LogP contribution in [0.15, 0.2) is 30.3 Å². The molecule has 1 rings (SSSR count). The standard InChI is InChI=1S/C6H5.K.H2S/c1-2-4-6-5-3-1;;/h1-5H;;1H2/q-1;+1;. The van der Waals surface area contributed by atoms with Crippen LogP contribution in [0.3, 0.4) is 0 Å². The molecule has 0 heterocycles. The van der Waals surface area contributed by atoms with Crippen molar-refractivity contribution in [3.05, 3.63) is 36.4 Å². The Bertz CT molecular complexity index is 80.5. The first-order valence-corrected chi connectivity index (χ1v) is 1.91. The SMILES string of the molecule is S.[K+].[c-]1ccccc1. The van der Waals surface area contributed by atoms with E-state index < -0.39 is 0 Å². The van der Waals surface area contributed by atoms with E-state index in [0.29, 0.717) is 0 Å². The van der Waals surface area contributed by atoms with Gasteiger partial charge >= 0.3 is 51.4 Å². The summed E-state index contributed by atoms with van der Waals surface area (Å²) in [5, 5.41) is 0. The van der Waals surface area contributed by atoms with Crippen LogP contribution in [0.5, 0.6) is 0 Å².